The summed E-state index contributed by atoms with van der Waals surface area (Å²) in [6.45, 7) is 0. The summed E-state index contributed by atoms with van der Waals surface area (Å²) < 4.78 is 6.33. The molecule has 0 N–H and O–H groups in total. The maximum atomic E-state index is 11.5. The second-order valence-electron chi connectivity index (χ2n) is 4.63. The van der Waals surface area contributed by atoms with E-state index >= 15 is 0 Å². The average molecular weight is 313 g/mol. The number of nitrogens with zero attached hydrogens (tertiary/aromatic N) is 2. The first kappa shape index (κ1) is 14.4. The highest BCUT2D eigenvalue weighted by Gasteiger charge is 2.13. The van der Waals surface area contributed by atoms with Crippen molar-refractivity contribution in [1.82, 2.24) is 9.78 Å². The summed E-state index contributed by atoms with van der Waals surface area (Å²) in [6.07, 6.45) is 1.72. The smallest absolute Gasteiger partial charge is 0.358 e. The minimum absolute atomic E-state index is 0.261. The number of carbonyl (C=O) groups is 1. The van der Waals surface area contributed by atoms with Crippen LogP contribution < -0.4 is 0 Å². The summed E-state index contributed by atoms with van der Waals surface area (Å²) in [5, 5.41) is 4.93. The normalized spacial score (nSPS) is 10.5. The van der Waals surface area contributed by atoms with Gasteiger partial charge in [-0.1, -0.05) is 48.0 Å². The van der Waals surface area contributed by atoms with Gasteiger partial charge in [0.15, 0.2) is 5.69 Å². The van der Waals surface area contributed by atoms with Crippen LogP contribution in [0.4, 0.5) is 0 Å². The highest BCUT2D eigenvalue weighted by Crippen LogP contribution is 2.31. The minimum atomic E-state index is -0.464. The summed E-state index contributed by atoms with van der Waals surface area (Å²) >= 11 is 6.29. The predicted octanol–water partition coefficient (Wildman–Crippen LogP) is 3.98. The number of methoxy groups -OCH3 is 1. The summed E-state index contributed by atoms with van der Waals surface area (Å²) in [4.78, 5) is 11.5. The topological polar surface area (TPSA) is 44.1 Å². The number of para-hydroxylation sites is 1. The molecule has 0 spiro atoms. The fraction of sp³-hybridized carbons (Fsp3) is 0.0588. The highest BCUT2D eigenvalue weighted by molar-refractivity contribution is 6.33. The molecule has 0 saturated carbocycles. The van der Waals surface area contributed by atoms with Crippen LogP contribution in [0, 0.1) is 0 Å². The SMILES string of the molecule is COC(=O)c1ccn(-c2ccccc2-c2ccccc2Cl)n1. The molecule has 0 fully saturated rings. The fourth-order valence-electron chi connectivity index (χ4n) is 2.25. The zero-order chi connectivity index (χ0) is 15.5. The van der Waals surface area contributed by atoms with E-state index in [1.54, 1.807) is 16.9 Å². The van der Waals surface area contributed by atoms with Crippen molar-refractivity contribution < 1.29 is 9.53 Å². The lowest BCUT2D eigenvalue weighted by atomic mass is 10.0. The number of esters is 1. The first-order valence-corrected chi connectivity index (χ1v) is 7.07. The van der Waals surface area contributed by atoms with Crippen LogP contribution >= 0.6 is 11.6 Å². The lowest BCUT2D eigenvalue weighted by Gasteiger charge is -2.11. The molecule has 1 heterocycles. The first-order chi connectivity index (χ1) is 10.7. The molecule has 0 atom stereocenters. The van der Waals surface area contributed by atoms with Gasteiger partial charge in [0.1, 0.15) is 0 Å². The fourth-order valence-corrected chi connectivity index (χ4v) is 2.49. The Bertz CT molecular complexity index is 827. The van der Waals surface area contributed by atoms with Crippen LogP contribution in [-0.2, 0) is 4.74 Å². The molecule has 2 aromatic carbocycles. The molecule has 4 nitrogen and oxygen atoms in total. The van der Waals surface area contributed by atoms with Crippen molar-refractivity contribution in [2.45, 2.75) is 0 Å². The first-order valence-electron chi connectivity index (χ1n) is 6.69. The molecule has 0 saturated heterocycles. The number of carbonyl (C=O) groups excluding carboxylic acids is 1. The van der Waals surface area contributed by atoms with Crippen molar-refractivity contribution in [2.75, 3.05) is 7.11 Å². The van der Waals surface area contributed by atoms with Crippen LogP contribution in [0.1, 0.15) is 10.5 Å². The third-order valence-corrected chi connectivity index (χ3v) is 3.63. The van der Waals surface area contributed by atoms with Crippen molar-refractivity contribution in [3.05, 3.63) is 71.5 Å². The van der Waals surface area contributed by atoms with E-state index in [0.29, 0.717) is 5.02 Å². The number of benzene rings is 2. The molecule has 0 unspecified atom stereocenters. The molecule has 110 valence electrons. The standard InChI is InChI=1S/C17H13ClN2O2/c1-22-17(21)15-10-11-20(19-15)16-9-5-3-7-13(16)12-6-2-4-8-14(12)18/h2-11H,1H3. The Hall–Kier alpha value is -2.59. The van der Waals surface area contributed by atoms with Gasteiger partial charge in [-0.15, -0.1) is 0 Å². The zero-order valence-electron chi connectivity index (χ0n) is 11.9. The van der Waals surface area contributed by atoms with Gasteiger partial charge < -0.3 is 4.74 Å². The molecule has 22 heavy (non-hydrogen) atoms. The second kappa shape index (κ2) is 6.03. The third-order valence-electron chi connectivity index (χ3n) is 3.30. The zero-order valence-corrected chi connectivity index (χ0v) is 12.6. The van der Waals surface area contributed by atoms with Crippen LogP contribution in [0.3, 0.4) is 0 Å². The van der Waals surface area contributed by atoms with Gasteiger partial charge in [0.25, 0.3) is 0 Å². The lowest BCUT2D eigenvalue weighted by Crippen LogP contribution is -2.04. The summed E-state index contributed by atoms with van der Waals surface area (Å²) in [6, 6.07) is 17.0. The largest absolute Gasteiger partial charge is 0.464 e. The number of hydrogen-bond donors (Lipinski definition) is 0. The molecule has 0 bridgehead atoms. The molecule has 0 aliphatic rings. The molecule has 3 aromatic rings. The lowest BCUT2D eigenvalue weighted by molar-refractivity contribution is 0.0593. The Kier molecular flexibility index (Phi) is 3.94. The van der Waals surface area contributed by atoms with Crippen LogP contribution in [0.5, 0.6) is 0 Å². The van der Waals surface area contributed by atoms with E-state index in [9.17, 15) is 4.79 Å². The summed E-state index contributed by atoms with van der Waals surface area (Å²) in [5.41, 5.74) is 2.95. The van der Waals surface area contributed by atoms with Gasteiger partial charge in [0.05, 0.1) is 12.8 Å². The van der Waals surface area contributed by atoms with Crippen LogP contribution in [0.25, 0.3) is 16.8 Å². The molecule has 5 heteroatoms. The van der Waals surface area contributed by atoms with Crippen molar-refractivity contribution >= 4 is 17.6 Å². The van der Waals surface area contributed by atoms with Gasteiger partial charge in [-0.2, -0.15) is 5.10 Å². The predicted molar refractivity (Wildman–Crippen MR) is 85.3 cm³/mol. The molecule has 3 rings (SSSR count). The minimum Gasteiger partial charge on any atom is -0.464 e. The van der Waals surface area contributed by atoms with E-state index in [0.717, 1.165) is 16.8 Å². The van der Waals surface area contributed by atoms with E-state index in [4.69, 9.17) is 11.6 Å². The van der Waals surface area contributed by atoms with E-state index in [2.05, 4.69) is 9.84 Å². The Morgan fingerprint density at radius 2 is 1.73 bits per heavy atom. The maximum absolute atomic E-state index is 11.5. The third kappa shape index (κ3) is 2.61. The quantitative estimate of drug-likeness (QED) is 0.687. The van der Waals surface area contributed by atoms with Crippen LogP contribution in [-0.4, -0.2) is 22.9 Å². The van der Waals surface area contributed by atoms with E-state index in [1.165, 1.54) is 7.11 Å². The Morgan fingerprint density at radius 3 is 2.45 bits per heavy atom. The Labute approximate surface area is 132 Å². The van der Waals surface area contributed by atoms with Crippen molar-refractivity contribution in [3.8, 4) is 16.8 Å². The molecule has 0 amide bonds. The molecule has 0 aliphatic carbocycles. The van der Waals surface area contributed by atoms with Crippen LogP contribution in [0.2, 0.25) is 5.02 Å². The second-order valence-corrected chi connectivity index (χ2v) is 5.04. The maximum Gasteiger partial charge on any atom is 0.358 e. The van der Waals surface area contributed by atoms with Gasteiger partial charge in [-0.25, -0.2) is 9.48 Å². The van der Waals surface area contributed by atoms with E-state index in [-0.39, 0.29) is 5.69 Å². The molecule has 0 radical (unpaired) electrons. The number of rotatable bonds is 3. The van der Waals surface area contributed by atoms with Gasteiger partial charge in [0, 0.05) is 22.3 Å². The number of halogens is 1. The highest BCUT2D eigenvalue weighted by atomic mass is 35.5. The van der Waals surface area contributed by atoms with Gasteiger partial charge >= 0.3 is 5.97 Å². The Morgan fingerprint density at radius 1 is 1.05 bits per heavy atom. The van der Waals surface area contributed by atoms with Gasteiger partial charge in [-0.05, 0) is 18.2 Å². The van der Waals surface area contributed by atoms with Crippen molar-refractivity contribution in [3.63, 3.8) is 0 Å². The molecule has 0 aliphatic heterocycles. The number of aromatic nitrogens is 2. The summed E-state index contributed by atoms with van der Waals surface area (Å²) in [7, 11) is 1.33. The van der Waals surface area contributed by atoms with E-state index in [1.807, 2.05) is 48.5 Å². The molecular formula is C17H13ClN2O2. The molecule has 1 aromatic heterocycles. The number of hydrogen-bond acceptors (Lipinski definition) is 3. The van der Waals surface area contributed by atoms with Gasteiger partial charge in [0.2, 0.25) is 0 Å². The van der Waals surface area contributed by atoms with E-state index < -0.39 is 5.97 Å². The van der Waals surface area contributed by atoms with Crippen molar-refractivity contribution in [1.29, 1.82) is 0 Å². The van der Waals surface area contributed by atoms with Crippen LogP contribution in [0.15, 0.2) is 60.8 Å². The average Bonchev–Trinajstić information content (AvgIpc) is 3.04. The van der Waals surface area contributed by atoms with Crippen molar-refractivity contribution in [2.24, 2.45) is 0 Å². The molecular weight excluding hydrogens is 300 g/mol. The Balaban J connectivity index is 2.11. The monoisotopic (exact) mass is 312 g/mol. The number of ether oxygens (including phenoxy) is 1. The van der Waals surface area contributed by atoms with Gasteiger partial charge in [-0.3, -0.25) is 0 Å². The summed E-state index contributed by atoms with van der Waals surface area (Å²) in [5.74, 6) is -0.464.